The Bertz CT molecular complexity index is 642. The van der Waals surface area contributed by atoms with Crippen LogP contribution in [0.5, 0.6) is 0 Å². The van der Waals surface area contributed by atoms with Gasteiger partial charge in [-0.15, -0.1) is 0 Å². The van der Waals surface area contributed by atoms with Crippen LogP contribution in [0, 0.1) is 16.0 Å². The van der Waals surface area contributed by atoms with E-state index in [9.17, 15) is 14.9 Å². The largest absolute Gasteiger partial charge is 0.382 e. The zero-order valence-corrected chi connectivity index (χ0v) is 12.4. The zero-order chi connectivity index (χ0) is 15.7. The van der Waals surface area contributed by atoms with Crippen molar-refractivity contribution < 1.29 is 9.72 Å². The number of rotatable bonds is 4. The van der Waals surface area contributed by atoms with E-state index in [1.54, 1.807) is 12.1 Å². The molecule has 1 aliphatic heterocycles. The molecule has 1 aromatic rings. The maximum Gasteiger partial charge on any atom is 0.269 e. The zero-order valence-electron chi connectivity index (χ0n) is 12.4. The molecule has 0 saturated heterocycles. The number of nitro groups is 1. The second-order valence-electron chi connectivity index (χ2n) is 5.90. The molecule has 0 fully saturated rings. The van der Waals surface area contributed by atoms with Crippen LogP contribution in [-0.4, -0.2) is 23.4 Å². The van der Waals surface area contributed by atoms with Gasteiger partial charge in [0.05, 0.1) is 4.92 Å². The second-order valence-corrected chi connectivity index (χ2v) is 5.90. The number of amides is 1. The fourth-order valence-electron chi connectivity index (χ4n) is 3.49. The molecule has 1 amide bonds. The number of benzene rings is 1. The van der Waals surface area contributed by atoms with Crippen molar-refractivity contribution in [1.82, 2.24) is 5.32 Å². The summed E-state index contributed by atoms with van der Waals surface area (Å²) in [6.45, 7) is 2.15. The number of nitro benzene ring substituents is 1. The van der Waals surface area contributed by atoms with E-state index in [2.05, 4.69) is 22.8 Å². The number of allylic oxidation sites excluding steroid dienone is 2. The molecule has 0 spiro atoms. The minimum absolute atomic E-state index is 0.0204. The molecule has 3 atom stereocenters. The molecule has 2 aliphatic rings. The Morgan fingerprint density at radius 1 is 1.50 bits per heavy atom. The third-order valence-electron chi connectivity index (χ3n) is 4.51. The molecule has 1 heterocycles. The van der Waals surface area contributed by atoms with Crippen LogP contribution in [0.1, 0.15) is 31.2 Å². The number of nitrogens with zero attached hydrogens (tertiary/aromatic N) is 1. The standard InChI is InChI=1S/C16H19N3O3/c1-10(20)17-8-7-16-13-4-2-3-12(13)14-9-11(19(21)22)5-6-15(14)18-16/h2-3,5-6,9,12-13,16,18H,4,7-8H2,1H3,(H,17,20). The molecule has 0 bridgehead atoms. The fourth-order valence-corrected chi connectivity index (χ4v) is 3.49. The Labute approximate surface area is 128 Å². The lowest BCUT2D eigenvalue weighted by Crippen LogP contribution is -2.38. The number of fused-ring (bicyclic) bond motifs is 3. The minimum atomic E-state index is -0.350. The molecule has 2 N–H and O–H groups in total. The van der Waals surface area contributed by atoms with E-state index in [0.29, 0.717) is 12.5 Å². The third-order valence-corrected chi connectivity index (χ3v) is 4.51. The molecule has 3 rings (SSSR count). The van der Waals surface area contributed by atoms with E-state index in [4.69, 9.17) is 0 Å². The van der Waals surface area contributed by atoms with Gasteiger partial charge in [-0.25, -0.2) is 0 Å². The van der Waals surface area contributed by atoms with Gasteiger partial charge in [0.2, 0.25) is 5.91 Å². The summed E-state index contributed by atoms with van der Waals surface area (Å²) in [7, 11) is 0. The number of carbonyl (C=O) groups is 1. The van der Waals surface area contributed by atoms with Crippen molar-refractivity contribution in [1.29, 1.82) is 0 Å². The van der Waals surface area contributed by atoms with Crippen LogP contribution in [0.15, 0.2) is 30.4 Å². The average molecular weight is 301 g/mol. The summed E-state index contributed by atoms with van der Waals surface area (Å²) in [5, 5.41) is 17.3. The van der Waals surface area contributed by atoms with Gasteiger partial charge >= 0.3 is 0 Å². The Hall–Kier alpha value is -2.37. The fraction of sp³-hybridized carbons (Fsp3) is 0.438. The Balaban J connectivity index is 1.83. The molecule has 6 nitrogen and oxygen atoms in total. The number of anilines is 1. The van der Waals surface area contributed by atoms with E-state index in [1.165, 1.54) is 13.0 Å². The number of nitrogens with one attached hydrogen (secondary N) is 2. The average Bonchev–Trinajstić information content (AvgIpc) is 2.96. The van der Waals surface area contributed by atoms with Crippen molar-refractivity contribution in [3.8, 4) is 0 Å². The maximum absolute atomic E-state index is 11.0. The molecule has 6 heteroatoms. The lowest BCUT2D eigenvalue weighted by atomic mass is 9.78. The Kier molecular flexibility index (Phi) is 3.83. The van der Waals surface area contributed by atoms with Gasteiger partial charge in [0.15, 0.2) is 0 Å². The highest BCUT2D eigenvalue weighted by molar-refractivity contribution is 5.72. The van der Waals surface area contributed by atoms with Gasteiger partial charge in [0, 0.05) is 43.2 Å². The highest BCUT2D eigenvalue weighted by Gasteiger charge is 2.37. The second kappa shape index (κ2) is 5.79. The van der Waals surface area contributed by atoms with Crippen LogP contribution in [0.4, 0.5) is 11.4 Å². The van der Waals surface area contributed by atoms with Crippen LogP contribution in [-0.2, 0) is 4.79 Å². The first-order valence-electron chi connectivity index (χ1n) is 7.52. The van der Waals surface area contributed by atoms with Crippen molar-refractivity contribution >= 4 is 17.3 Å². The quantitative estimate of drug-likeness (QED) is 0.508. The monoisotopic (exact) mass is 301 g/mol. The van der Waals surface area contributed by atoms with Gasteiger partial charge in [-0.1, -0.05) is 12.2 Å². The molecular weight excluding hydrogens is 282 g/mol. The highest BCUT2D eigenvalue weighted by atomic mass is 16.6. The first-order valence-corrected chi connectivity index (χ1v) is 7.52. The van der Waals surface area contributed by atoms with Gasteiger partial charge in [-0.05, 0) is 30.4 Å². The number of hydrogen-bond donors (Lipinski definition) is 2. The Morgan fingerprint density at radius 3 is 3.05 bits per heavy atom. The molecule has 0 aromatic heterocycles. The molecule has 3 unspecified atom stereocenters. The van der Waals surface area contributed by atoms with Gasteiger partial charge in [0.25, 0.3) is 5.69 Å². The first-order chi connectivity index (χ1) is 10.6. The van der Waals surface area contributed by atoms with Crippen molar-refractivity contribution in [2.75, 3.05) is 11.9 Å². The summed E-state index contributed by atoms with van der Waals surface area (Å²) in [6.07, 6.45) is 6.11. The minimum Gasteiger partial charge on any atom is -0.382 e. The molecule has 0 saturated carbocycles. The van der Waals surface area contributed by atoms with E-state index >= 15 is 0 Å². The van der Waals surface area contributed by atoms with Crippen LogP contribution >= 0.6 is 0 Å². The summed E-state index contributed by atoms with van der Waals surface area (Å²) in [4.78, 5) is 21.6. The third kappa shape index (κ3) is 2.68. The van der Waals surface area contributed by atoms with E-state index in [-0.39, 0.29) is 28.5 Å². The normalized spacial score (nSPS) is 25.0. The molecule has 22 heavy (non-hydrogen) atoms. The van der Waals surface area contributed by atoms with Crippen molar-refractivity contribution in [3.05, 3.63) is 46.0 Å². The van der Waals surface area contributed by atoms with Gasteiger partial charge in [-0.3, -0.25) is 14.9 Å². The molecule has 1 aromatic carbocycles. The number of non-ortho nitro benzene ring substituents is 1. The van der Waals surface area contributed by atoms with Crippen LogP contribution < -0.4 is 10.6 Å². The predicted molar refractivity (Wildman–Crippen MR) is 83.8 cm³/mol. The summed E-state index contributed by atoms with van der Waals surface area (Å²) in [5.41, 5.74) is 2.10. The molecule has 0 radical (unpaired) electrons. The topological polar surface area (TPSA) is 84.3 Å². The summed E-state index contributed by atoms with van der Waals surface area (Å²) in [5.74, 6) is 0.592. The molecule has 116 valence electrons. The molecule has 1 aliphatic carbocycles. The SMILES string of the molecule is CC(=O)NCCC1Nc2ccc([N+](=O)[O-])cc2C2C=CCC12. The van der Waals surface area contributed by atoms with Crippen molar-refractivity contribution in [2.24, 2.45) is 5.92 Å². The summed E-state index contributed by atoms with van der Waals surface area (Å²) in [6, 6.07) is 5.28. The van der Waals surface area contributed by atoms with Gasteiger partial charge in [0.1, 0.15) is 0 Å². The van der Waals surface area contributed by atoms with Crippen LogP contribution in [0.2, 0.25) is 0 Å². The van der Waals surface area contributed by atoms with Crippen molar-refractivity contribution in [3.63, 3.8) is 0 Å². The maximum atomic E-state index is 11.0. The van der Waals surface area contributed by atoms with Gasteiger partial charge < -0.3 is 10.6 Å². The number of carbonyl (C=O) groups excluding carboxylic acids is 1. The van der Waals surface area contributed by atoms with E-state index in [1.807, 2.05) is 0 Å². The highest BCUT2D eigenvalue weighted by Crippen LogP contribution is 2.46. The first kappa shape index (κ1) is 14.6. The van der Waals surface area contributed by atoms with E-state index in [0.717, 1.165) is 24.1 Å². The van der Waals surface area contributed by atoms with Crippen molar-refractivity contribution in [2.45, 2.75) is 31.7 Å². The van der Waals surface area contributed by atoms with Gasteiger partial charge in [-0.2, -0.15) is 0 Å². The number of hydrogen-bond acceptors (Lipinski definition) is 4. The summed E-state index contributed by atoms with van der Waals surface area (Å²) >= 11 is 0. The Morgan fingerprint density at radius 2 is 2.32 bits per heavy atom. The summed E-state index contributed by atoms with van der Waals surface area (Å²) < 4.78 is 0. The van der Waals surface area contributed by atoms with Crippen LogP contribution in [0.25, 0.3) is 0 Å². The smallest absolute Gasteiger partial charge is 0.269 e. The predicted octanol–water partition coefficient (Wildman–Crippen LogP) is 2.57. The lowest BCUT2D eigenvalue weighted by Gasteiger charge is -2.37. The lowest BCUT2D eigenvalue weighted by molar-refractivity contribution is -0.384. The van der Waals surface area contributed by atoms with E-state index < -0.39 is 0 Å². The molecular formula is C16H19N3O3. The van der Waals surface area contributed by atoms with Crippen LogP contribution in [0.3, 0.4) is 0 Å².